The van der Waals surface area contributed by atoms with Gasteiger partial charge in [-0.05, 0) is 23.8 Å². The quantitative estimate of drug-likeness (QED) is 0.404. The Labute approximate surface area is 172 Å². The number of halogens is 3. The molecule has 0 bridgehead atoms. The molecular weight excluding hydrogens is 411 g/mol. The molecule has 5 nitrogen and oxygen atoms in total. The van der Waals surface area contributed by atoms with Gasteiger partial charge in [-0.2, -0.15) is 0 Å². The van der Waals surface area contributed by atoms with Gasteiger partial charge in [-0.25, -0.2) is 0 Å². The molecule has 0 aliphatic heterocycles. The summed E-state index contributed by atoms with van der Waals surface area (Å²) < 4.78 is 3.69. The summed E-state index contributed by atoms with van der Waals surface area (Å²) in [6.45, 7) is 1.39. The number of carbonyl (C=O) groups excluding carboxylic acids is 2. The van der Waals surface area contributed by atoms with E-state index in [4.69, 9.17) is 39.5 Å². The van der Waals surface area contributed by atoms with E-state index < -0.39 is 15.9 Å². The highest BCUT2D eigenvalue weighted by atomic mass is 35.6. The lowest BCUT2D eigenvalue weighted by molar-refractivity contribution is -0.118. The molecule has 0 aromatic heterocycles. The van der Waals surface area contributed by atoms with Crippen LogP contribution in [0.25, 0.3) is 6.08 Å². The van der Waals surface area contributed by atoms with Crippen molar-refractivity contribution in [2.24, 2.45) is 0 Å². The summed E-state index contributed by atoms with van der Waals surface area (Å²) in [5, 5.41) is 5.12. The second kappa shape index (κ2) is 9.65. The molecule has 1 atom stereocenters. The van der Waals surface area contributed by atoms with Gasteiger partial charge in [0, 0.05) is 24.8 Å². The minimum absolute atomic E-state index is 0.232. The van der Waals surface area contributed by atoms with Crippen LogP contribution in [-0.2, 0) is 9.59 Å². The van der Waals surface area contributed by atoms with Crippen LogP contribution in [-0.4, -0.2) is 21.8 Å². The molecule has 2 aromatic rings. The molecule has 0 fully saturated rings. The third-order valence-electron chi connectivity index (χ3n) is 3.21. The van der Waals surface area contributed by atoms with Crippen molar-refractivity contribution < 1.29 is 14.3 Å². The first kappa shape index (κ1) is 21.1. The standard InChI is InChI=1S/C19H17Cl3N2O3/c1-13(25)23-15-8-5-9-16(12-15)27-18(19(20,21)22)24-17(26)11-10-14-6-3-2-4-7-14/h2-12,18H,1H3,(H,23,25)(H,24,26)/b11-10-. The van der Waals surface area contributed by atoms with Crippen LogP contribution in [0.15, 0.2) is 60.7 Å². The first-order valence-corrected chi connectivity index (χ1v) is 9.02. The van der Waals surface area contributed by atoms with E-state index in [-0.39, 0.29) is 5.91 Å². The van der Waals surface area contributed by atoms with Crippen LogP contribution in [0.3, 0.4) is 0 Å². The SMILES string of the molecule is CC(=O)Nc1cccc(OC(NC(=O)/C=C\c2ccccc2)C(Cl)(Cl)Cl)c1. The number of amides is 2. The Balaban J connectivity index is 2.08. The summed E-state index contributed by atoms with van der Waals surface area (Å²) in [5.74, 6) is -0.414. The average molecular weight is 428 g/mol. The highest BCUT2D eigenvalue weighted by molar-refractivity contribution is 6.68. The van der Waals surface area contributed by atoms with Gasteiger partial charge in [0.1, 0.15) is 5.75 Å². The molecule has 8 heteroatoms. The minimum atomic E-state index is -1.92. The number of alkyl halides is 3. The fraction of sp³-hybridized carbons (Fsp3) is 0.158. The van der Waals surface area contributed by atoms with E-state index in [1.165, 1.54) is 13.0 Å². The first-order chi connectivity index (χ1) is 12.7. The van der Waals surface area contributed by atoms with Gasteiger partial charge in [-0.1, -0.05) is 71.2 Å². The number of carbonyl (C=O) groups is 2. The largest absolute Gasteiger partial charge is 0.466 e. The number of anilines is 1. The van der Waals surface area contributed by atoms with Crippen LogP contribution in [0.1, 0.15) is 12.5 Å². The minimum Gasteiger partial charge on any atom is -0.466 e. The van der Waals surface area contributed by atoms with Crippen molar-refractivity contribution in [1.82, 2.24) is 5.32 Å². The molecule has 0 aliphatic rings. The summed E-state index contributed by atoms with van der Waals surface area (Å²) in [6, 6.07) is 15.8. The number of benzene rings is 2. The maximum absolute atomic E-state index is 12.2. The number of rotatable bonds is 6. The zero-order valence-corrected chi connectivity index (χ0v) is 16.6. The highest BCUT2D eigenvalue weighted by Gasteiger charge is 2.36. The number of hydrogen-bond donors (Lipinski definition) is 2. The predicted molar refractivity (Wildman–Crippen MR) is 109 cm³/mol. The van der Waals surface area contributed by atoms with Crippen LogP contribution in [0.2, 0.25) is 0 Å². The van der Waals surface area contributed by atoms with Gasteiger partial charge < -0.3 is 15.4 Å². The molecule has 1 unspecified atom stereocenters. The summed E-state index contributed by atoms with van der Waals surface area (Å²) in [4.78, 5) is 23.3. The van der Waals surface area contributed by atoms with E-state index in [2.05, 4.69) is 10.6 Å². The van der Waals surface area contributed by atoms with Crippen molar-refractivity contribution in [1.29, 1.82) is 0 Å². The third-order valence-corrected chi connectivity index (χ3v) is 3.80. The molecule has 2 amide bonds. The molecule has 0 saturated carbocycles. The van der Waals surface area contributed by atoms with Crippen molar-refractivity contribution in [3.63, 3.8) is 0 Å². The maximum Gasteiger partial charge on any atom is 0.246 e. The lowest BCUT2D eigenvalue weighted by Crippen LogP contribution is -2.47. The second-order valence-corrected chi connectivity index (χ2v) is 7.87. The van der Waals surface area contributed by atoms with Crippen LogP contribution in [0, 0.1) is 0 Å². The average Bonchev–Trinajstić information content (AvgIpc) is 2.59. The highest BCUT2D eigenvalue weighted by Crippen LogP contribution is 2.32. The van der Waals surface area contributed by atoms with Crippen molar-refractivity contribution in [2.45, 2.75) is 16.9 Å². The van der Waals surface area contributed by atoms with Crippen LogP contribution < -0.4 is 15.4 Å². The molecule has 27 heavy (non-hydrogen) atoms. The van der Waals surface area contributed by atoms with Crippen molar-refractivity contribution in [3.05, 3.63) is 66.2 Å². The van der Waals surface area contributed by atoms with E-state index in [0.717, 1.165) is 5.56 Å². The Kier molecular flexibility index (Phi) is 7.54. The van der Waals surface area contributed by atoms with Crippen molar-refractivity contribution in [3.8, 4) is 5.75 Å². The molecule has 2 aromatic carbocycles. The van der Waals surface area contributed by atoms with Crippen LogP contribution in [0.5, 0.6) is 5.75 Å². The molecule has 2 N–H and O–H groups in total. The third kappa shape index (κ3) is 7.51. The molecule has 0 heterocycles. The molecule has 0 aliphatic carbocycles. The summed E-state index contributed by atoms with van der Waals surface area (Å²) in [7, 11) is 0. The van der Waals surface area contributed by atoms with Crippen molar-refractivity contribution >= 4 is 58.4 Å². The lowest BCUT2D eigenvalue weighted by atomic mass is 10.2. The van der Waals surface area contributed by atoms with E-state index in [1.54, 1.807) is 30.3 Å². The molecule has 0 saturated heterocycles. The van der Waals surface area contributed by atoms with Gasteiger partial charge in [0.15, 0.2) is 0 Å². The fourth-order valence-electron chi connectivity index (χ4n) is 2.08. The van der Waals surface area contributed by atoms with E-state index in [0.29, 0.717) is 11.4 Å². The van der Waals surface area contributed by atoms with Gasteiger partial charge >= 0.3 is 0 Å². The summed E-state index contributed by atoms with van der Waals surface area (Å²) >= 11 is 17.8. The molecule has 2 rings (SSSR count). The number of ether oxygens (including phenoxy) is 1. The topological polar surface area (TPSA) is 67.4 Å². The van der Waals surface area contributed by atoms with Crippen molar-refractivity contribution in [2.75, 3.05) is 5.32 Å². The Bertz CT molecular complexity index is 820. The lowest BCUT2D eigenvalue weighted by Gasteiger charge is -2.26. The van der Waals surface area contributed by atoms with Gasteiger partial charge in [0.2, 0.25) is 21.8 Å². The van der Waals surface area contributed by atoms with Gasteiger partial charge in [0.25, 0.3) is 0 Å². The maximum atomic E-state index is 12.2. The summed E-state index contributed by atoms with van der Waals surface area (Å²) in [6.07, 6.45) is 1.70. The molecular formula is C19H17Cl3N2O3. The zero-order chi connectivity index (χ0) is 19.9. The van der Waals surface area contributed by atoms with Gasteiger partial charge in [-0.3, -0.25) is 9.59 Å². The monoisotopic (exact) mass is 426 g/mol. The van der Waals surface area contributed by atoms with E-state index in [1.807, 2.05) is 30.3 Å². The smallest absolute Gasteiger partial charge is 0.246 e. The van der Waals surface area contributed by atoms with Gasteiger partial charge in [-0.15, -0.1) is 0 Å². The second-order valence-electron chi connectivity index (χ2n) is 5.50. The van der Waals surface area contributed by atoms with E-state index >= 15 is 0 Å². The Morgan fingerprint density at radius 2 is 1.78 bits per heavy atom. The number of nitrogens with one attached hydrogen (secondary N) is 2. The Morgan fingerprint density at radius 3 is 2.41 bits per heavy atom. The normalized spacial score (nSPS) is 12.4. The molecule has 0 spiro atoms. The first-order valence-electron chi connectivity index (χ1n) is 7.89. The Morgan fingerprint density at radius 1 is 1.07 bits per heavy atom. The molecule has 142 valence electrons. The Hall–Kier alpha value is -2.21. The zero-order valence-electron chi connectivity index (χ0n) is 14.3. The predicted octanol–water partition coefficient (Wildman–Crippen LogP) is 4.55. The van der Waals surface area contributed by atoms with Crippen LogP contribution in [0.4, 0.5) is 5.69 Å². The van der Waals surface area contributed by atoms with Gasteiger partial charge in [0.05, 0.1) is 0 Å². The number of hydrogen-bond acceptors (Lipinski definition) is 3. The van der Waals surface area contributed by atoms with E-state index in [9.17, 15) is 9.59 Å². The molecule has 0 radical (unpaired) electrons. The summed E-state index contributed by atoms with van der Waals surface area (Å²) in [5.41, 5.74) is 1.36. The van der Waals surface area contributed by atoms with Crippen LogP contribution >= 0.6 is 34.8 Å². The fourth-order valence-corrected chi connectivity index (χ4v) is 2.38.